The molecule has 0 aliphatic carbocycles. The third-order valence-electron chi connectivity index (χ3n) is 2.73. The molecule has 2 aromatic carbocycles. The van der Waals surface area contributed by atoms with E-state index in [1.165, 1.54) is 0 Å². The highest BCUT2D eigenvalue weighted by Crippen LogP contribution is 2.24. The SMILES string of the molecule is Cc1ccc(C(O)c2ccccc2)cc1N. The quantitative estimate of drug-likeness (QED) is 0.753. The molecule has 1 unspecified atom stereocenters. The molecule has 0 aliphatic rings. The van der Waals surface area contributed by atoms with Gasteiger partial charge in [0.2, 0.25) is 0 Å². The van der Waals surface area contributed by atoms with E-state index in [9.17, 15) is 5.11 Å². The van der Waals surface area contributed by atoms with Crippen LogP contribution in [0.5, 0.6) is 0 Å². The van der Waals surface area contributed by atoms with Crippen LogP contribution in [0.3, 0.4) is 0 Å². The number of aliphatic hydroxyl groups excluding tert-OH is 1. The molecule has 0 saturated carbocycles. The van der Waals surface area contributed by atoms with Crippen molar-refractivity contribution in [2.24, 2.45) is 0 Å². The van der Waals surface area contributed by atoms with Crippen LogP contribution in [0, 0.1) is 6.92 Å². The highest BCUT2D eigenvalue weighted by molar-refractivity contribution is 5.49. The van der Waals surface area contributed by atoms with Gasteiger partial charge in [-0.2, -0.15) is 0 Å². The third-order valence-corrected chi connectivity index (χ3v) is 2.73. The van der Waals surface area contributed by atoms with Crippen molar-refractivity contribution in [2.75, 3.05) is 5.73 Å². The van der Waals surface area contributed by atoms with Gasteiger partial charge in [-0.3, -0.25) is 0 Å². The summed E-state index contributed by atoms with van der Waals surface area (Å²) in [5.74, 6) is 0. The summed E-state index contributed by atoms with van der Waals surface area (Å²) in [6.45, 7) is 1.95. The summed E-state index contributed by atoms with van der Waals surface area (Å²) in [4.78, 5) is 0. The van der Waals surface area contributed by atoms with Crippen molar-refractivity contribution in [1.29, 1.82) is 0 Å². The molecule has 1 atom stereocenters. The van der Waals surface area contributed by atoms with Gasteiger partial charge in [0.25, 0.3) is 0 Å². The average Bonchev–Trinajstić information content (AvgIpc) is 2.33. The molecular formula is C14H15NO. The molecule has 2 rings (SSSR count). The first kappa shape index (κ1) is 10.7. The predicted molar refractivity (Wildman–Crippen MR) is 66.1 cm³/mol. The van der Waals surface area contributed by atoms with Crippen LogP contribution in [0.25, 0.3) is 0 Å². The molecule has 0 saturated heterocycles. The van der Waals surface area contributed by atoms with Gasteiger partial charge in [-0.05, 0) is 29.7 Å². The molecule has 0 radical (unpaired) electrons. The average molecular weight is 213 g/mol. The van der Waals surface area contributed by atoms with Gasteiger partial charge in [0.1, 0.15) is 6.10 Å². The van der Waals surface area contributed by atoms with Gasteiger partial charge >= 0.3 is 0 Å². The number of hydrogen-bond acceptors (Lipinski definition) is 2. The number of anilines is 1. The second kappa shape index (κ2) is 4.37. The zero-order valence-corrected chi connectivity index (χ0v) is 9.22. The Morgan fingerprint density at radius 2 is 1.69 bits per heavy atom. The maximum atomic E-state index is 10.2. The molecular weight excluding hydrogens is 198 g/mol. The summed E-state index contributed by atoms with van der Waals surface area (Å²) in [6.07, 6.45) is -0.607. The Hall–Kier alpha value is -1.80. The van der Waals surface area contributed by atoms with E-state index in [-0.39, 0.29) is 0 Å². The van der Waals surface area contributed by atoms with Gasteiger partial charge in [0, 0.05) is 5.69 Å². The Labute approximate surface area is 95.4 Å². The first-order valence-electron chi connectivity index (χ1n) is 5.27. The number of aryl methyl sites for hydroxylation is 1. The largest absolute Gasteiger partial charge is 0.399 e. The lowest BCUT2D eigenvalue weighted by Gasteiger charge is -2.12. The van der Waals surface area contributed by atoms with Crippen molar-refractivity contribution in [2.45, 2.75) is 13.0 Å². The normalized spacial score (nSPS) is 12.4. The Balaban J connectivity index is 2.34. The van der Waals surface area contributed by atoms with Gasteiger partial charge in [0.05, 0.1) is 0 Å². The van der Waals surface area contributed by atoms with Crippen molar-refractivity contribution in [3.8, 4) is 0 Å². The lowest BCUT2D eigenvalue weighted by Crippen LogP contribution is -2.01. The van der Waals surface area contributed by atoms with Crippen molar-refractivity contribution >= 4 is 5.69 Å². The molecule has 0 heterocycles. The van der Waals surface area contributed by atoms with Crippen LogP contribution in [0.4, 0.5) is 5.69 Å². The van der Waals surface area contributed by atoms with E-state index in [0.29, 0.717) is 5.69 Å². The zero-order chi connectivity index (χ0) is 11.5. The third kappa shape index (κ3) is 2.07. The molecule has 0 aromatic heterocycles. The fourth-order valence-electron chi connectivity index (χ4n) is 1.66. The van der Waals surface area contributed by atoms with E-state index in [1.807, 2.05) is 55.5 Å². The molecule has 0 aliphatic heterocycles. The molecule has 0 amide bonds. The Kier molecular flexibility index (Phi) is 2.93. The van der Waals surface area contributed by atoms with Gasteiger partial charge < -0.3 is 10.8 Å². The first-order valence-corrected chi connectivity index (χ1v) is 5.27. The van der Waals surface area contributed by atoms with Crippen LogP contribution in [-0.2, 0) is 0 Å². The topological polar surface area (TPSA) is 46.2 Å². The van der Waals surface area contributed by atoms with Crippen LogP contribution < -0.4 is 5.73 Å². The molecule has 16 heavy (non-hydrogen) atoms. The number of nitrogen functional groups attached to an aromatic ring is 1. The molecule has 2 heteroatoms. The lowest BCUT2D eigenvalue weighted by molar-refractivity contribution is 0.220. The van der Waals surface area contributed by atoms with E-state index in [0.717, 1.165) is 16.7 Å². The standard InChI is InChI=1S/C14H15NO/c1-10-7-8-12(9-13(10)15)14(16)11-5-3-2-4-6-11/h2-9,14,16H,15H2,1H3. The summed E-state index contributed by atoms with van der Waals surface area (Å²) in [7, 11) is 0. The minimum Gasteiger partial charge on any atom is -0.399 e. The fourth-order valence-corrected chi connectivity index (χ4v) is 1.66. The minimum absolute atomic E-state index is 0.607. The fraction of sp³-hybridized carbons (Fsp3) is 0.143. The predicted octanol–water partition coefficient (Wildman–Crippen LogP) is 2.66. The Bertz CT molecular complexity index is 479. The van der Waals surface area contributed by atoms with Crippen LogP contribution in [-0.4, -0.2) is 5.11 Å². The number of aliphatic hydroxyl groups is 1. The molecule has 2 aromatic rings. The van der Waals surface area contributed by atoms with E-state index < -0.39 is 6.10 Å². The van der Waals surface area contributed by atoms with Crippen molar-refractivity contribution in [1.82, 2.24) is 0 Å². The van der Waals surface area contributed by atoms with Crippen molar-refractivity contribution in [3.05, 3.63) is 65.2 Å². The smallest absolute Gasteiger partial charge is 0.104 e. The number of hydrogen-bond donors (Lipinski definition) is 2. The van der Waals surface area contributed by atoms with Gasteiger partial charge in [0.15, 0.2) is 0 Å². The number of rotatable bonds is 2. The van der Waals surface area contributed by atoms with Gasteiger partial charge in [-0.1, -0.05) is 42.5 Å². The van der Waals surface area contributed by atoms with Crippen LogP contribution in [0.15, 0.2) is 48.5 Å². The highest BCUT2D eigenvalue weighted by Gasteiger charge is 2.10. The summed E-state index contributed by atoms with van der Waals surface area (Å²) in [6, 6.07) is 15.2. The van der Waals surface area contributed by atoms with E-state index in [2.05, 4.69) is 0 Å². The second-order valence-corrected chi connectivity index (χ2v) is 3.93. The molecule has 82 valence electrons. The molecule has 0 spiro atoms. The molecule has 3 N–H and O–H groups in total. The number of nitrogens with two attached hydrogens (primary N) is 1. The van der Waals surface area contributed by atoms with Crippen LogP contribution in [0.2, 0.25) is 0 Å². The Morgan fingerprint density at radius 3 is 2.31 bits per heavy atom. The monoisotopic (exact) mass is 213 g/mol. The highest BCUT2D eigenvalue weighted by atomic mass is 16.3. The summed E-state index contributed by atoms with van der Waals surface area (Å²) < 4.78 is 0. The number of benzene rings is 2. The van der Waals surface area contributed by atoms with E-state index >= 15 is 0 Å². The van der Waals surface area contributed by atoms with Crippen molar-refractivity contribution < 1.29 is 5.11 Å². The lowest BCUT2D eigenvalue weighted by atomic mass is 10.00. The first-order chi connectivity index (χ1) is 7.68. The van der Waals surface area contributed by atoms with E-state index in [4.69, 9.17) is 5.73 Å². The van der Waals surface area contributed by atoms with Gasteiger partial charge in [-0.25, -0.2) is 0 Å². The second-order valence-electron chi connectivity index (χ2n) is 3.93. The molecule has 2 nitrogen and oxygen atoms in total. The minimum atomic E-state index is -0.607. The molecule has 0 fully saturated rings. The summed E-state index contributed by atoms with van der Waals surface area (Å²) >= 11 is 0. The maximum Gasteiger partial charge on any atom is 0.104 e. The zero-order valence-electron chi connectivity index (χ0n) is 9.22. The van der Waals surface area contributed by atoms with Gasteiger partial charge in [-0.15, -0.1) is 0 Å². The maximum absolute atomic E-state index is 10.2. The molecule has 0 bridgehead atoms. The van der Waals surface area contributed by atoms with Crippen molar-refractivity contribution in [3.63, 3.8) is 0 Å². The summed E-state index contributed by atoms with van der Waals surface area (Å²) in [5.41, 5.74) is 9.28. The van der Waals surface area contributed by atoms with Crippen LogP contribution >= 0.6 is 0 Å². The summed E-state index contributed by atoms with van der Waals surface area (Å²) in [5, 5.41) is 10.2. The van der Waals surface area contributed by atoms with Crippen LogP contribution in [0.1, 0.15) is 22.8 Å². The Morgan fingerprint density at radius 1 is 1.00 bits per heavy atom. The van der Waals surface area contributed by atoms with E-state index in [1.54, 1.807) is 0 Å².